The summed E-state index contributed by atoms with van der Waals surface area (Å²) < 4.78 is 17.4. The Bertz CT molecular complexity index is 1450. The first kappa shape index (κ1) is 24.3. The van der Waals surface area contributed by atoms with E-state index in [0.717, 1.165) is 0 Å². The minimum atomic E-state index is -1.01. The molecule has 0 aliphatic carbocycles. The van der Waals surface area contributed by atoms with E-state index >= 15 is 0 Å². The van der Waals surface area contributed by atoms with Crippen molar-refractivity contribution in [2.45, 2.75) is 6.61 Å². The van der Waals surface area contributed by atoms with E-state index in [1.807, 2.05) is 0 Å². The molecule has 1 heterocycles. The van der Waals surface area contributed by atoms with Crippen LogP contribution in [-0.2, 0) is 6.61 Å². The van der Waals surface area contributed by atoms with Gasteiger partial charge >= 0.3 is 11.9 Å². The van der Waals surface area contributed by atoms with Crippen LogP contribution >= 0.6 is 27.5 Å². The number of aromatic carboxylic acids is 1. The van der Waals surface area contributed by atoms with E-state index in [-0.39, 0.29) is 17.9 Å². The van der Waals surface area contributed by atoms with Gasteiger partial charge in [-0.3, -0.25) is 4.79 Å². The number of amides is 1. The third-order valence-electron chi connectivity index (χ3n) is 4.89. The predicted octanol–water partition coefficient (Wildman–Crippen LogP) is 5.90. The standard InChI is InChI=1S/C25H18BrClN2O6/c1-33-21-9-15(8-19(26)23(21)34-13-14-3-2-4-16(7-14)25(31)32)12-28-29-24(30)22-11-17-10-18(27)5-6-20(17)35-22/h2-12H,13H2,1H3,(H,29,30)(H,31,32)/b28-12+. The van der Waals surface area contributed by atoms with Crippen molar-refractivity contribution in [1.29, 1.82) is 0 Å². The second kappa shape index (κ2) is 10.6. The molecular weight excluding hydrogens is 540 g/mol. The van der Waals surface area contributed by atoms with E-state index in [1.54, 1.807) is 54.6 Å². The fraction of sp³-hybridized carbons (Fsp3) is 0.0800. The molecule has 3 aromatic carbocycles. The van der Waals surface area contributed by atoms with Crippen molar-refractivity contribution < 1.29 is 28.6 Å². The number of halogens is 2. The van der Waals surface area contributed by atoms with Gasteiger partial charge < -0.3 is 19.0 Å². The summed E-state index contributed by atoms with van der Waals surface area (Å²) in [7, 11) is 1.50. The smallest absolute Gasteiger partial charge is 0.335 e. The van der Waals surface area contributed by atoms with Crippen LogP contribution in [0.2, 0.25) is 5.02 Å². The summed E-state index contributed by atoms with van der Waals surface area (Å²) >= 11 is 9.42. The van der Waals surface area contributed by atoms with Crippen molar-refractivity contribution in [3.05, 3.63) is 92.6 Å². The number of carbonyl (C=O) groups is 2. The zero-order valence-electron chi connectivity index (χ0n) is 18.2. The highest BCUT2D eigenvalue weighted by atomic mass is 79.9. The number of fused-ring (bicyclic) bond motifs is 1. The molecule has 0 atom stereocenters. The molecule has 1 amide bonds. The lowest BCUT2D eigenvalue weighted by atomic mass is 10.1. The highest BCUT2D eigenvalue weighted by molar-refractivity contribution is 9.10. The molecule has 0 spiro atoms. The van der Waals surface area contributed by atoms with Gasteiger partial charge in [-0.25, -0.2) is 10.2 Å². The number of nitrogens with one attached hydrogen (secondary N) is 1. The first-order valence-electron chi connectivity index (χ1n) is 10.2. The monoisotopic (exact) mass is 556 g/mol. The van der Waals surface area contributed by atoms with Gasteiger partial charge in [0.25, 0.3) is 0 Å². The molecule has 2 N–H and O–H groups in total. The number of methoxy groups -OCH3 is 1. The summed E-state index contributed by atoms with van der Waals surface area (Å²) in [5.74, 6) is -0.547. The van der Waals surface area contributed by atoms with Crippen LogP contribution in [-0.4, -0.2) is 30.3 Å². The van der Waals surface area contributed by atoms with Crippen LogP contribution in [0.25, 0.3) is 11.0 Å². The van der Waals surface area contributed by atoms with E-state index in [0.29, 0.717) is 43.1 Å². The molecule has 0 aliphatic heterocycles. The normalized spacial score (nSPS) is 11.1. The van der Waals surface area contributed by atoms with Crippen LogP contribution in [0.15, 0.2) is 74.7 Å². The van der Waals surface area contributed by atoms with Gasteiger partial charge in [0, 0.05) is 10.4 Å². The average molecular weight is 558 g/mol. The van der Waals surface area contributed by atoms with E-state index < -0.39 is 11.9 Å². The fourth-order valence-electron chi connectivity index (χ4n) is 3.25. The predicted molar refractivity (Wildman–Crippen MR) is 135 cm³/mol. The van der Waals surface area contributed by atoms with Gasteiger partial charge in [-0.2, -0.15) is 5.10 Å². The Morgan fingerprint density at radius 1 is 1.17 bits per heavy atom. The zero-order chi connectivity index (χ0) is 24.9. The minimum absolute atomic E-state index is 0.105. The number of hydrogen-bond donors (Lipinski definition) is 2. The number of carboxylic acids is 1. The Hall–Kier alpha value is -3.82. The number of furan rings is 1. The number of ether oxygens (including phenoxy) is 2. The second-order valence-electron chi connectivity index (χ2n) is 7.32. The number of benzene rings is 3. The van der Waals surface area contributed by atoms with Gasteiger partial charge in [0.1, 0.15) is 12.2 Å². The maximum atomic E-state index is 12.4. The molecule has 8 nitrogen and oxygen atoms in total. The lowest BCUT2D eigenvalue weighted by Gasteiger charge is -2.13. The Morgan fingerprint density at radius 2 is 2.00 bits per heavy atom. The Kier molecular flexibility index (Phi) is 7.38. The summed E-state index contributed by atoms with van der Waals surface area (Å²) in [4.78, 5) is 23.5. The number of rotatable bonds is 8. The maximum absolute atomic E-state index is 12.4. The molecule has 4 rings (SSSR count). The highest BCUT2D eigenvalue weighted by Crippen LogP contribution is 2.37. The van der Waals surface area contributed by atoms with E-state index in [9.17, 15) is 9.59 Å². The van der Waals surface area contributed by atoms with Gasteiger partial charge in [0.15, 0.2) is 17.3 Å². The van der Waals surface area contributed by atoms with Gasteiger partial charge in [0.05, 0.1) is 23.4 Å². The van der Waals surface area contributed by atoms with Crippen LogP contribution in [0.4, 0.5) is 0 Å². The van der Waals surface area contributed by atoms with Crippen molar-refractivity contribution in [2.75, 3.05) is 7.11 Å². The van der Waals surface area contributed by atoms with E-state index in [2.05, 4.69) is 26.5 Å². The number of hydrogen-bond acceptors (Lipinski definition) is 6. The number of nitrogens with zero attached hydrogens (tertiary/aromatic N) is 1. The largest absolute Gasteiger partial charge is 0.493 e. The molecule has 178 valence electrons. The fourth-order valence-corrected chi connectivity index (χ4v) is 4.01. The lowest BCUT2D eigenvalue weighted by molar-refractivity contribution is 0.0696. The van der Waals surface area contributed by atoms with Crippen LogP contribution < -0.4 is 14.9 Å². The Balaban J connectivity index is 1.44. The number of hydrazone groups is 1. The molecule has 10 heteroatoms. The first-order valence-corrected chi connectivity index (χ1v) is 11.4. The molecular formula is C25H18BrClN2O6. The number of carbonyl (C=O) groups excluding carboxylic acids is 1. The van der Waals surface area contributed by atoms with Crippen molar-refractivity contribution in [1.82, 2.24) is 5.43 Å². The third kappa shape index (κ3) is 5.82. The van der Waals surface area contributed by atoms with Gasteiger partial charge in [0.2, 0.25) is 0 Å². The van der Waals surface area contributed by atoms with Crippen LogP contribution in [0.3, 0.4) is 0 Å². The molecule has 35 heavy (non-hydrogen) atoms. The van der Waals surface area contributed by atoms with Crippen molar-refractivity contribution in [2.24, 2.45) is 5.10 Å². The third-order valence-corrected chi connectivity index (χ3v) is 5.71. The molecule has 4 aromatic rings. The summed E-state index contributed by atoms with van der Waals surface area (Å²) in [5.41, 5.74) is 4.47. The molecule has 0 radical (unpaired) electrons. The summed E-state index contributed by atoms with van der Waals surface area (Å²) in [5, 5.41) is 14.4. The molecule has 1 aromatic heterocycles. The van der Waals surface area contributed by atoms with Gasteiger partial charge in [-0.05, 0) is 75.6 Å². The van der Waals surface area contributed by atoms with Crippen LogP contribution in [0, 0.1) is 0 Å². The molecule has 0 aliphatic rings. The van der Waals surface area contributed by atoms with Crippen molar-refractivity contribution >= 4 is 56.6 Å². The first-order chi connectivity index (χ1) is 16.8. The summed E-state index contributed by atoms with van der Waals surface area (Å²) in [6, 6.07) is 16.6. The SMILES string of the molecule is COc1cc(/C=N/NC(=O)c2cc3cc(Cl)ccc3o2)cc(Br)c1OCc1cccc(C(=O)O)c1. The molecule has 0 saturated carbocycles. The van der Waals surface area contributed by atoms with Gasteiger partial charge in [-0.1, -0.05) is 23.7 Å². The summed E-state index contributed by atoms with van der Waals surface area (Å²) in [6.45, 7) is 0.141. The minimum Gasteiger partial charge on any atom is -0.493 e. The van der Waals surface area contributed by atoms with Gasteiger partial charge in [-0.15, -0.1) is 0 Å². The number of carboxylic acid groups (broad SMARTS) is 1. The Morgan fingerprint density at radius 3 is 2.77 bits per heavy atom. The topological polar surface area (TPSA) is 110 Å². The van der Waals surface area contributed by atoms with E-state index in [4.69, 9.17) is 30.6 Å². The van der Waals surface area contributed by atoms with Crippen molar-refractivity contribution in [3.8, 4) is 11.5 Å². The zero-order valence-corrected chi connectivity index (χ0v) is 20.6. The quantitative estimate of drug-likeness (QED) is 0.206. The molecule has 0 saturated heterocycles. The lowest BCUT2D eigenvalue weighted by Crippen LogP contribution is -2.16. The Labute approximate surface area is 213 Å². The molecule has 0 bridgehead atoms. The average Bonchev–Trinajstić information content (AvgIpc) is 3.26. The van der Waals surface area contributed by atoms with Crippen molar-refractivity contribution in [3.63, 3.8) is 0 Å². The second-order valence-corrected chi connectivity index (χ2v) is 8.61. The molecule has 0 fully saturated rings. The van der Waals surface area contributed by atoms with Crippen LogP contribution in [0.5, 0.6) is 11.5 Å². The van der Waals surface area contributed by atoms with Crippen LogP contribution in [0.1, 0.15) is 32.0 Å². The highest BCUT2D eigenvalue weighted by Gasteiger charge is 2.14. The molecule has 0 unspecified atom stereocenters. The summed E-state index contributed by atoms with van der Waals surface area (Å²) in [6.07, 6.45) is 1.45. The maximum Gasteiger partial charge on any atom is 0.335 e. The van der Waals surface area contributed by atoms with E-state index in [1.165, 1.54) is 19.4 Å².